The molecule has 0 spiro atoms. The number of aliphatic carboxylic acids is 4. The summed E-state index contributed by atoms with van der Waals surface area (Å²) in [7, 11) is 0. The molecule has 0 amide bonds. The second-order valence-corrected chi connectivity index (χ2v) is 21.1. The Balaban J connectivity index is -0.000000293. The van der Waals surface area contributed by atoms with Crippen LogP contribution < -0.4 is 20.4 Å². The van der Waals surface area contributed by atoms with E-state index in [1.54, 1.807) is 17.7 Å². The average Bonchev–Trinajstić information content (AvgIpc) is 3.07. The van der Waals surface area contributed by atoms with Gasteiger partial charge in [0.05, 0.1) is 23.9 Å². The summed E-state index contributed by atoms with van der Waals surface area (Å²) in [5, 5.41) is 41.5. The molecule has 0 aliphatic carbocycles. The molecule has 0 aliphatic rings. The van der Waals surface area contributed by atoms with Crippen molar-refractivity contribution in [2.45, 2.75) is 201 Å². The van der Waals surface area contributed by atoms with Crippen LogP contribution in [0, 0.1) is 0 Å². The Hall–Kier alpha value is -1.04. The fraction of sp³-hybridized carbons (Fsp3) is 0.800. The summed E-state index contributed by atoms with van der Waals surface area (Å²) < 4.78 is 6.50. The first-order valence-corrected chi connectivity index (χ1v) is 27.7. The predicted molar refractivity (Wildman–Crippen MR) is 203 cm³/mol. The molecule has 10 heteroatoms. The fourth-order valence-electron chi connectivity index (χ4n) is 4.40. The van der Waals surface area contributed by atoms with Crippen molar-refractivity contribution in [3.63, 3.8) is 0 Å². The molecule has 0 rings (SSSR count). The molecule has 50 heavy (non-hydrogen) atoms. The van der Waals surface area contributed by atoms with E-state index in [0.717, 1.165) is 51.4 Å². The summed E-state index contributed by atoms with van der Waals surface area (Å²) in [4.78, 5) is 41.5. The van der Waals surface area contributed by atoms with Gasteiger partial charge < -0.3 is 39.6 Å². The van der Waals surface area contributed by atoms with Gasteiger partial charge in [0.15, 0.2) is 0 Å². The molecule has 0 aromatic rings. The van der Waals surface area contributed by atoms with Gasteiger partial charge in [0.2, 0.25) is 0 Å². The van der Waals surface area contributed by atoms with E-state index < -0.39 is 23.9 Å². The van der Waals surface area contributed by atoms with Crippen LogP contribution in [-0.2, 0) is 19.2 Å². The first-order valence-electron chi connectivity index (χ1n) is 19.7. The van der Waals surface area contributed by atoms with E-state index in [1.807, 2.05) is 0 Å². The number of unbranched alkanes of at least 4 members (excludes halogenated alkanes) is 14. The third-order valence-corrected chi connectivity index (χ3v) is 15.6. The maximum absolute atomic E-state index is 10.5. The van der Waals surface area contributed by atoms with Gasteiger partial charge in [0, 0.05) is 0 Å². The molecule has 0 aliphatic heterocycles. The maximum atomic E-state index is 10.5. The van der Waals surface area contributed by atoms with Crippen LogP contribution in [0.4, 0.5) is 0 Å². The van der Waals surface area contributed by atoms with Gasteiger partial charge in [-0.1, -0.05) is 78.1 Å². The molecule has 0 heterocycles. The number of carboxylic acid groups (broad SMARTS) is 4. The molecule has 288 valence electrons. The zero-order valence-electron chi connectivity index (χ0n) is 32.8. The Morgan fingerprint density at radius 2 is 0.620 bits per heavy atom. The quantitative estimate of drug-likeness (QED) is 0.0444. The van der Waals surface area contributed by atoms with Crippen LogP contribution in [0.5, 0.6) is 0 Å². The van der Waals surface area contributed by atoms with Gasteiger partial charge in [-0.25, -0.2) is 0 Å². The first-order chi connectivity index (χ1) is 24.0. The summed E-state index contributed by atoms with van der Waals surface area (Å²) in [6.45, 7) is 13.4. The van der Waals surface area contributed by atoms with E-state index in [1.165, 1.54) is 64.2 Å². The minimum absolute atomic E-state index is 0.149. The molecule has 0 fully saturated rings. The summed E-state index contributed by atoms with van der Waals surface area (Å²) in [6.07, 6.45) is 25.6. The third-order valence-electron chi connectivity index (χ3n) is 7.54. The second-order valence-electron chi connectivity index (χ2n) is 12.5. The monoisotopic (exact) mass is 920 g/mol. The van der Waals surface area contributed by atoms with E-state index in [4.69, 9.17) is 0 Å². The normalized spacial score (nSPS) is 10.6. The SMILES string of the molecule is CCCCCCCC/C(=C/C(=O)[O-])C(=O)[O-].CCCCCCCC/C(=C/C(=O)[O-])C(=O)[O-].CCC[CH2][Sn+2][CH2]CCC.CCC[CH2][Sn+2][CH2]CCC. The van der Waals surface area contributed by atoms with Crippen molar-refractivity contribution in [2.24, 2.45) is 0 Å². The Kier molecular flexibility index (Phi) is 53.4. The zero-order chi connectivity index (χ0) is 38.7. The van der Waals surface area contributed by atoms with Gasteiger partial charge in [-0.3, -0.25) is 0 Å². The van der Waals surface area contributed by atoms with Gasteiger partial charge in [0.25, 0.3) is 0 Å². The molecular weight excluding hydrogens is 846 g/mol. The van der Waals surface area contributed by atoms with Gasteiger partial charge in [-0.05, 0) is 49.0 Å². The van der Waals surface area contributed by atoms with Gasteiger partial charge in [-0.2, -0.15) is 0 Å². The van der Waals surface area contributed by atoms with Crippen molar-refractivity contribution in [3.05, 3.63) is 23.3 Å². The number of rotatable bonds is 30. The van der Waals surface area contributed by atoms with E-state index in [9.17, 15) is 39.6 Å². The van der Waals surface area contributed by atoms with Gasteiger partial charge >= 0.3 is 139 Å². The van der Waals surface area contributed by atoms with Gasteiger partial charge in [-0.15, -0.1) is 0 Å². The van der Waals surface area contributed by atoms with Crippen LogP contribution in [0.25, 0.3) is 0 Å². The molecule has 0 radical (unpaired) electrons. The molecule has 0 bridgehead atoms. The van der Waals surface area contributed by atoms with Crippen LogP contribution in [0.15, 0.2) is 23.3 Å². The molecule has 0 N–H and O–H groups in total. The summed E-state index contributed by atoms with van der Waals surface area (Å²) in [6, 6.07) is 0. The first kappa shape index (κ1) is 55.7. The molecule has 0 unspecified atom stereocenters. The minimum atomic E-state index is -1.48. The Bertz CT molecular complexity index is 763. The Morgan fingerprint density at radius 1 is 0.380 bits per heavy atom. The van der Waals surface area contributed by atoms with E-state index in [-0.39, 0.29) is 66.3 Å². The predicted octanol–water partition coefficient (Wildman–Crippen LogP) is 6.58. The summed E-state index contributed by atoms with van der Waals surface area (Å²) in [5.74, 6) is -5.80. The molecule has 0 saturated heterocycles. The van der Waals surface area contributed by atoms with Crippen molar-refractivity contribution < 1.29 is 39.6 Å². The number of hydrogen-bond donors (Lipinski definition) is 0. The zero-order valence-corrected chi connectivity index (χ0v) is 38.5. The summed E-state index contributed by atoms with van der Waals surface area (Å²) >= 11 is 0.299. The van der Waals surface area contributed by atoms with Crippen LogP contribution in [0.3, 0.4) is 0 Å². The third kappa shape index (κ3) is 53.7. The van der Waals surface area contributed by atoms with E-state index in [0.29, 0.717) is 25.0 Å². The van der Waals surface area contributed by atoms with Crippen LogP contribution in [-0.4, -0.2) is 66.2 Å². The van der Waals surface area contributed by atoms with Crippen LogP contribution >= 0.6 is 0 Å². The molecule has 0 saturated carbocycles. The molecule has 0 atom stereocenters. The molecular formula is C40H72O8Sn2. The van der Waals surface area contributed by atoms with Crippen molar-refractivity contribution >= 4 is 66.2 Å². The topological polar surface area (TPSA) is 161 Å². The number of carboxylic acids is 4. The van der Waals surface area contributed by atoms with Crippen LogP contribution in [0.2, 0.25) is 17.7 Å². The molecule has 8 nitrogen and oxygen atoms in total. The second kappa shape index (κ2) is 48.0. The number of carbonyl (C=O) groups excluding carboxylic acids is 4. The van der Waals surface area contributed by atoms with Gasteiger partial charge in [0.1, 0.15) is 0 Å². The molecule has 0 aromatic heterocycles. The van der Waals surface area contributed by atoms with E-state index in [2.05, 4.69) is 41.5 Å². The average molecular weight is 918 g/mol. The van der Waals surface area contributed by atoms with Crippen molar-refractivity contribution in [2.75, 3.05) is 0 Å². The van der Waals surface area contributed by atoms with Crippen LogP contribution in [0.1, 0.15) is 183 Å². The number of hydrogen-bond acceptors (Lipinski definition) is 8. The fourth-order valence-corrected chi connectivity index (χ4v) is 12.7. The number of carbonyl (C=O) groups is 4. The van der Waals surface area contributed by atoms with Crippen molar-refractivity contribution in [1.82, 2.24) is 0 Å². The Morgan fingerprint density at radius 3 is 0.840 bits per heavy atom. The van der Waals surface area contributed by atoms with Crippen molar-refractivity contribution in [3.8, 4) is 0 Å². The standard InChI is InChI=1S/2C12H20O4.4C4H9.2Sn/c2*1-2-3-4-5-6-7-8-10(12(15)16)9-11(13)14;4*1-3-4-2;;/h2*9H,2-8H2,1H3,(H,13,14)(H,15,16);4*1,3-4H2,2H3;;/q;;;;;;2*+2/p-4/b2*10-9-;;;;;;. The van der Waals surface area contributed by atoms with Crippen molar-refractivity contribution in [1.29, 1.82) is 0 Å². The van der Waals surface area contributed by atoms with E-state index >= 15 is 0 Å². The molecule has 0 aromatic carbocycles. The Labute approximate surface area is 327 Å². The summed E-state index contributed by atoms with van der Waals surface area (Å²) in [5.41, 5.74) is -0.369.